The van der Waals surface area contributed by atoms with Gasteiger partial charge in [-0.15, -0.1) is 0 Å². The summed E-state index contributed by atoms with van der Waals surface area (Å²) in [6.07, 6.45) is 14.7. The largest absolute Gasteiger partial charge is 0.396 e. The van der Waals surface area contributed by atoms with Crippen molar-refractivity contribution in [1.82, 2.24) is 24.4 Å². The Labute approximate surface area is 329 Å². The van der Waals surface area contributed by atoms with E-state index in [1.807, 2.05) is 52.1 Å². The van der Waals surface area contributed by atoms with Gasteiger partial charge in [-0.3, -0.25) is 9.97 Å². The van der Waals surface area contributed by atoms with Crippen molar-refractivity contribution in [2.45, 2.75) is 92.8 Å². The topological polar surface area (TPSA) is 76.6 Å². The van der Waals surface area contributed by atoms with Crippen LogP contribution in [0.4, 0.5) is 11.4 Å². The molecule has 280 valence electrons. The maximum Gasteiger partial charge on any atom is 0.190 e. The minimum absolute atomic E-state index is 0. The summed E-state index contributed by atoms with van der Waals surface area (Å²) in [4.78, 5) is 16.0. The van der Waals surface area contributed by atoms with Gasteiger partial charge in [-0.05, 0) is 131 Å². The fourth-order valence-corrected chi connectivity index (χ4v) is 8.11. The lowest BCUT2D eigenvalue weighted by atomic mass is 9.91. The molecule has 0 spiro atoms. The maximum atomic E-state index is 9.25. The van der Waals surface area contributed by atoms with Crippen LogP contribution < -0.4 is 5.32 Å². The highest BCUT2D eigenvalue weighted by atomic mass is 35.5. The molecule has 4 heterocycles. The first kappa shape index (κ1) is 40.5. The molecule has 7 rings (SSSR count). The van der Waals surface area contributed by atoms with Crippen molar-refractivity contribution in [1.29, 1.82) is 0 Å². The van der Waals surface area contributed by atoms with Crippen molar-refractivity contribution in [3.63, 3.8) is 0 Å². The number of hydrogen-bond acceptors (Lipinski definition) is 4. The lowest BCUT2D eigenvalue weighted by Gasteiger charge is -2.30. The zero-order valence-electron chi connectivity index (χ0n) is 31.2. The summed E-state index contributed by atoms with van der Waals surface area (Å²) in [6.45, 7) is 25.8. The summed E-state index contributed by atoms with van der Waals surface area (Å²) in [5.41, 5.74) is 12.4. The Morgan fingerprint density at radius 3 is 1.89 bits per heavy atom. The molecule has 0 aliphatic heterocycles. The first-order chi connectivity index (χ1) is 25.5. The Morgan fingerprint density at radius 1 is 0.759 bits per heavy atom. The normalized spacial score (nSPS) is 15.3. The van der Waals surface area contributed by atoms with Gasteiger partial charge in [0.05, 0.1) is 23.2 Å². The van der Waals surface area contributed by atoms with Crippen molar-refractivity contribution in [2.75, 3.05) is 13.7 Å². The number of halogens is 2. The van der Waals surface area contributed by atoms with E-state index in [4.69, 9.17) is 36.3 Å². The van der Waals surface area contributed by atoms with Gasteiger partial charge >= 0.3 is 0 Å². The fourth-order valence-electron chi connectivity index (χ4n) is 7.72. The lowest BCUT2D eigenvalue weighted by Crippen LogP contribution is -2.30. The SMILES string of the molecule is C.[C-]#[N+]c1cc2c(-c3cncc(C)c3Cl)c(C)n(CCCO)c2cc1C.[C-]#[N+]c1cc2c(-c3cncc(C)c3Cl)cn(C3CCC(NC)CC3)c2cc1C. The minimum atomic E-state index is 0. The van der Waals surface area contributed by atoms with Crippen LogP contribution in [0.1, 0.15) is 73.5 Å². The molecule has 6 aromatic rings. The van der Waals surface area contributed by atoms with Crippen LogP contribution in [-0.4, -0.2) is 43.9 Å². The van der Waals surface area contributed by atoms with E-state index in [2.05, 4.69) is 60.3 Å². The third-order valence-electron chi connectivity index (χ3n) is 10.7. The molecule has 1 fully saturated rings. The first-order valence-corrected chi connectivity index (χ1v) is 18.8. The molecule has 1 saturated carbocycles. The van der Waals surface area contributed by atoms with Crippen molar-refractivity contribution in [3.05, 3.63) is 116 Å². The predicted octanol–water partition coefficient (Wildman–Crippen LogP) is 12.1. The number of aromatic nitrogens is 4. The van der Waals surface area contributed by atoms with E-state index in [0.29, 0.717) is 41.4 Å². The van der Waals surface area contributed by atoms with Crippen LogP contribution in [0.2, 0.25) is 10.0 Å². The van der Waals surface area contributed by atoms with Crippen molar-refractivity contribution >= 4 is 56.4 Å². The molecule has 0 bridgehead atoms. The summed E-state index contributed by atoms with van der Waals surface area (Å²) in [7, 11) is 2.05. The highest BCUT2D eigenvalue weighted by Crippen LogP contribution is 2.43. The van der Waals surface area contributed by atoms with Gasteiger partial charge in [-0.1, -0.05) is 30.6 Å². The summed E-state index contributed by atoms with van der Waals surface area (Å²) in [5.74, 6) is 0. The van der Waals surface area contributed by atoms with Gasteiger partial charge in [0.2, 0.25) is 0 Å². The van der Waals surface area contributed by atoms with Gasteiger partial charge in [-0.2, -0.15) is 0 Å². The van der Waals surface area contributed by atoms with E-state index >= 15 is 0 Å². The Kier molecular flexibility index (Phi) is 12.9. The molecule has 8 nitrogen and oxygen atoms in total. The summed E-state index contributed by atoms with van der Waals surface area (Å²) < 4.78 is 4.61. The number of fused-ring (bicyclic) bond motifs is 2. The minimum Gasteiger partial charge on any atom is -0.396 e. The first-order valence-electron chi connectivity index (χ1n) is 18.0. The number of benzene rings is 2. The monoisotopic (exact) mass is 761 g/mol. The molecule has 54 heavy (non-hydrogen) atoms. The second-order valence-electron chi connectivity index (χ2n) is 14.1. The maximum absolute atomic E-state index is 9.25. The smallest absolute Gasteiger partial charge is 0.190 e. The van der Waals surface area contributed by atoms with E-state index in [0.717, 1.165) is 84.4 Å². The lowest BCUT2D eigenvalue weighted by molar-refractivity contribution is 0.280. The molecule has 2 N–H and O–H groups in total. The van der Waals surface area contributed by atoms with Gasteiger partial charge in [0.25, 0.3) is 0 Å². The van der Waals surface area contributed by atoms with Crippen molar-refractivity contribution in [3.8, 4) is 22.3 Å². The van der Waals surface area contributed by atoms with Crippen LogP contribution in [0.25, 0.3) is 53.7 Å². The predicted molar refractivity (Wildman–Crippen MR) is 225 cm³/mol. The van der Waals surface area contributed by atoms with E-state index in [1.165, 1.54) is 18.4 Å². The van der Waals surface area contributed by atoms with Crippen LogP contribution in [-0.2, 0) is 6.54 Å². The van der Waals surface area contributed by atoms with Gasteiger partial charge < -0.3 is 19.6 Å². The van der Waals surface area contributed by atoms with E-state index in [-0.39, 0.29) is 14.0 Å². The Hall–Kier alpha value is -4.70. The van der Waals surface area contributed by atoms with E-state index in [1.54, 1.807) is 18.6 Å². The average molecular weight is 763 g/mol. The number of rotatable bonds is 7. The zero-order valence-corrected chi connectivity index (χ0v) is 32.7. The molecular formula is C44H49Cl2N7O. The highest BCUT2D eigenvalue weighted by Gasteiger charge is 2.25. The Balaban J connectivity index is 0.000000205. The molecular weight excluding hydrogens is 713 g/mol. The molecule has 0 saturated heterocycles. The van der Waals surface area contributed by atoms with E-state index in [9.17, 15) is 5.11 Å². The van der Waals surface area contributed by atoms with Crippen molar-refractivity contribution in [2.24, 2.45) is 0 Å². The fraction of sp³-hybridized carbons (Fsp3) is 0.364. The van der Waals surface area contributed by atoms with Crippen LogP contribution >= 0.6 is 23.2 Å². The van der Waals surface area contributed by atoms with Crippen LogP contribution in [0.3, 0.4) is 0 Å². The number of nitrogens with zero attached hydrogens (tertiary/aromatic N) is 6. The molecule has 0 unspecified atom stereocenters. The second kappa shape index (κ2) is 17.2. The average Bonchev–Trinajstić information content (AvgIpc) is 3.65. The second-order valence-corrected chi connectivity index (χ2v) is 14.9. The molecule has 2 aromatic carbocycles. The molecule has 0 radical (unpaired) electrons. The van der Waals surface area contributed by atoms with Gasteiger partial charge in [0.1, 0.15) is 0 Å². The number of aliphatic hydroxyl groups excluding tert-OH is 1. The standard InChI is InChI=1S/C23H25ClN4.C20H20ClN3O.CH4/c1-14-9-22-18(10-21(14)26-4)20(19-12-27-11-15(2)23(19)24)13-28(22)17-7-5-16(25-3)6-8-17;1-12-8-18-15(9-17(12)22-4)19(14(3)24(18)6-5-7-25)16-11-23-10-13(2)20(16)21;/h9-13,16-17,25H,5-8H2,1-3H3;8-11,25H,5-7H2,1-3H3;1H4. The molecule has 10 heteroatoms. The Morgan fingerprint density at radius 2 is 1.31 bits per heavy atom. The summed E-state index contributed by atoms with van der Waals surface area (Å²) in [6, 6.07) is 9.25. The van der Waals surface area contributed by atoms with Crippen LogP contribution in [0, 0.1) is 47.8 Å². The Bertz CT molecular complexity index is 2410. The van der Waals surface area contributed by atoms with Crippen LogP contribution in [0.5, 0.6) is 0 Å². The molecule has 1 aliphatic rings. The van der Waals surface area contributed by atoms with Gasteiger partial charge in [0.15, 0.2) is 11.4 Å². The molecule has 0 atom stereocenters. The highest BCUT2D eigenvalue weighted by molar-refractivity contribution is 6.35. The summed E-state index contributed by atoms with van der Waals surface area (Å²) >= 11 is 13.2. The van der Waals surface area contributed by atoms with Gasteiger partial charge in [0, 0.05) is 95.2 Å². The number of aliphatic hydroxyl groups is 1. The number of hydrogen-bond donors (Lipinski definition) is 2. The number of nitrogens with one attached hydrogen (secondary N) is 1. The zero-order chi connectivity index (χ0) is 38.0. The summed E-state index contributed by atoms with van der Waals surface area (Å²) in [5, 5.41) is 16.2. The third kappa shape index (κ3) is 7.63. The third-order valence-corrected chi connectivity index (χ3v) is 11.7. The van der Waals surface area contributed by atoms with Gasteiger partial charge in [-0.25, -0.2) is 9.69 Å². The number of aryl methyl sites for hydroxylation is 5. The molecule has 1 aliphatic carbocycles. The molecule has 4 aromatic heterocycles. The quantitative estimate of drug-likeness (QED) is 0.159. The van der Waals surface area contributed by atoms with Crippen LogP contribution in [0.15, 0.2) is 55.2 Å². The van der Waals surface area contributed by atoms with E-state index < -0.39 is 0 Å². The molecule has 0 amide bonds. The van der Waals surface area contributed by atoms with Crippen molar-refractivity contribution < 1.29 is 5.11 Å². The number of pyridine rings is 2.